The molecule has 3 rings (SSSR count). The monoisotopic (exact) mass is 305 g/mol. The molecule has 0 aliphatic heterocycles. The zero-order chi connectivity index (χ0) is 15.7. The zero-order valence-electron chi connectivity index (χ0n) is 11.8. The molecule has 0 atom stereocenters. The maximum Gasteiger partial charge on any atom is 0.258 e. The molecule has 0 saturated heterocycles. The summed E-state index contributed by atoms with van der Waals surface area (Å²) in [6.07, 6.45) is 3.91. The van der Waals surface area contributed by atoms with Crippen LogP contribution in [0.25, 0.3) is 0 Å². The minimum absolute atomic E-state index is 0.507. The molecule has 1 N–H and O–H groups in total. The van der Waals surface area contributed by atoms with Crippen LogP contribution in [0.15, 0.2) is 30.3 Å². The number of carbonyl (C=O) groups is 1. The van der Waals surface area contributed by atoms with Gasteiger partial charge in [0.1, 0.15) is 0 Å². The van der Waals surface area contributed by atoms with Crippen molar-refractivity contribution in [2.24, 2.45) is 0 Å². The SMILES string of the molecule is O=C(Nc1cccc2c1CCCC2)c1ccc(F)c(F)c1F. The van der Waals surface area contributed by atoms with Crippen molar-refractivity contribution >= 4 is 11.6 Å². The van der Waals surface area contributed by atoms with Crippen molar-refractivity contribution in [3.63, 3.8) is 0 Å². The Morgan fingerprint density at radius 2 is 1.73 bits per heavy atom. The molecule has 22 heavy (non-hydrogen) atoms. The van der Waals surface area contributed by atoms with Gasteiger partial charge in [-0.05, 0) is 55.0 Å². The Labute approximate surface area is 126 Å². The molecule has 2 aromatic rings. The Kier molecular flexibility index (Phi) is 3.88. The lowest BCUT2D eigenvalue weighted by atomic mass is 9.90. The maximum absolute atomic E-state index is 13.7. The van der Waals surface area contributed by atoms with Gasteiger partial charge in [0.15, 0.2) is 17.5 Å². The molecule has 0 radical (unpaired) electrons. The summed E-state index contributed by atoms with van der Waals surface area (Å²) < 4.78 is 39.8. The van der Waals surface area contributed by atoms with Gasteiger partial charge >= 0.3 is 0 Å². The van der Waals surface area contributed by atoms with E-state index >= 15 is 0 Å². The van der Waals surface area contributed by atoms with Crippen molar-refractivity contribution in [1.82, 2.24) is 0 Å². The first kappa shape index (κ1) is 14.6. The smallest absolute Gasteiger partial charge is 0.258 e. The number of aryl methyl sites for hydroxylation is 1. The number of carbonyl (C=O) groups excluding carboxylic acids is 1. The van der Waals surface area contributed by atoms with E-state index in [9.17, 15) is 18.0 Å². The number of halogens is 3. The van der Waals surface area contributed by atoms with Gasteiger partial charge in [0.2, 0.25) is 0 Å². The molecule has 0 saturated carbocycles. The van der Waals surface area contributed by atoms with Gasteiger partial charge in [-0.1, -0.05) is 12.1 Å². The van der Waals surface area contributed by atoms with E-state index in [2.05, 4.69) is 5.32 Å². The van der Waals surface area contributed by atoms with Crippen LogP contribution in [0.4, 0.5) is 18.9 Å². The standard InChI is InChI=1S/C17H14F3NO/c18-13-9-8-12(15(19)16(13)20)17(22)21-14-7-3-5-10-4-1-2-6-11(10)14/h3,5,7-9H,1-2,4,6H2,(H,21,22). The van der Waals surface area contributed by atoms with Crippen molar-refractivity contribution in [3.05, 3.63) is 64.5 Å². The van der Waals surface area contributed by atoms with Gasteiger partial charge in [-0.25, -0.2) is 13.2 Å². The fraction of sp³-hybridized carbons (Fsp3) is 0.235. The zero-order valence-corrected chi connectivity index (χ0v) is 11.8. The Morgan fingerprint density at radius 1 is 0.955 bits per heavy atom. The van der Waals surface area contributed by atoms with Gasteiger partial charge in [-0.2, -0.15) is 0 Å². The molecule has 2 aromatic carbocycles. The van der Waals surface area contributed by atoms with E-state index in [1.807, 2.05) is 12.1 Å². The summed E-state index contributed by atoms with van der Waals surface area (Å²) >= 11 is 0. The summed E-state index contributed by atoms with van der Waals surface area (Å²) in [7, 11) is 0. The van der Waals surface area contributed by atoms with Crippen LogP contribution < -0.4 is 5.32 Å². The summed E-state index contributed by atoms with van der Waals surface area (Å²) in [4.78, 5) is 12.1. The number of amides is 1. The van der Waals surface area contributed by atoms with E-state index in [1.165, 1.54) is 0 Å². The van der Waals surface area contributed by atoms with Crippen LogP contribution in [0.5, 0.6) is 0 Å². The van der Waals surface area contributed by atoms with E-state index in [0.717, 1.165) is 48.9 Å². The fourth-order valence-electron chi connectivity index (χ4n) is 2.79. The number of benzene rings is 2. The third-order valence-corrected chi connectivity index (χ3v) is 3.92. The summed E-state index contributed by atoms with van der Waals surface area (Å²) in [6.45, 7) is 0. The number of hydrogen-bond acceptors (Lipinski definition) is 1. The average Bonchev–Trinajstić information content (AvgIpc) is 2.53. The van der Waals surface area contributed by atoms with Crippen LogP contribution in [0.3, 0.4) is 0 Å². The molecule has 1 aliphatic carbocycles. The minimum atomic E-state index is -1.64. The van der Waals surface area contributed by atoms with Crippen molar-refractivity contribution < 1.29 is 18.0 Å². The third kappa shape index (κ3) is 2.58. The molecule has 0 aromatic heterocycles. The van der Waals surface area contributed by atoms with E-state index < -0.39 is 28.9 Å². The summed E-state index contributed by atoms with van der Waals surface area (Å²) in [5.74, 6) is -5.20. The number of fused-ring (bicyclic) bond motifs is 1. The summed E-state index contributed by atoms with van der Waals surface area (Å²) in [5, 5.41) is 2.61. The molecule has 0 spiro atoms. The Balaban J connectivity index is 1.91. The molecule has 1 aliphatic rings. The highest BCUT2D eigenvalue weighted by Crippen LogP contribution is 2.28. The van der Waals surface area contributed by atoms with Gasteiger partial charge < -0.3 is 5.32 Å². The fourth-order valence-corrected chi connectivity index (χ4v) is 2.79. The molecule has 0 heterocycles. The number of nitrogens with one attached hydrogen (secondary N) is 1. The molecular weight excluding hydrogens is 291 g/mol. The molecular formula is C17H14F3NO. The van der Waals surface area contributed by atoms with Gasteiger partial charge in [0, 0.05) is 5.69 Å². The number of anilines is 1. The highest BCUT2D eigenvalue weighted by molar-refractivity contribution is 6.05. The predicted molar refractivity (Wildman–Crippen MR) is 77.4 cm³/mol. The van der Waals surface area contributed by atoms with E-state index in [4.69, 9.17) is 0 Å². The van der Waals surface area contributed by atoms with Crippen molar-refractivity contribution in [3.8, 4) is 0 Å². The van der Waals surface area contributed by atoms with Gasteiger partial charge in [-0.3, -0.25) is 4.79 Å². The topological polar surface area (TPSA) is 29.1 Å². The van der Waals surface area contributed by atoms with Crippen molar-refractivity contribution in [1.29, 1.82) is 0 Å². The molecule has 5 heteroatoms. The van der Waals surface area contributed by atoms with Crippen LogP contribution in [0, 0.1) is 17.5 Å². The molecule has 114 valence electrons. The van der Waals surface area contributed by atoms with Crippen LogP contribution in [0.2, 0.25) is 0 Å². The average molecular weight is 305 g/mol. The normalized spacial score (nSPS) is 13.6. The van der Waals surface area contributed by atoms with Gasteiger partial charge in [0.05, 0.1) is 5.56 Å². The lowest BCUT2D eigenvalue weighted by Gasteiger charge is -2.19. The van der Waals surface area contributed by atoms with E-state index in [0.29, 0.717) is 5.69 Å². The first-order valence-electron chi connectivity index (χ1n) is 7.13. The Bertz CT molecular complexity index is 743. The molecule has 2 nitrogen and oxygen atoms in total. The maximum atomic E-state index is 13.7. The third-order valence-electron chi connectivity index (χ3n) is 3.92. The Morgan fingerprint density at radius 3 is 2.55 bits per heavy atom. The molecule has 0 fully saturated rings. The minimum Gasteiger partial charge on any atom is -0.322 e. The largest absolute Gasteiger partial charge is 0.322 e. The Hall–Kier alpha value is -2.30. The number of hydrogen-bond donors (Lipinski definition) is 1. The second-order valence-electron chi connectivity index (χ2n) is 5.33. The van der Waals surface area contributed by atoms with Crippen LogP contribution >= 0.6 is 0 Å². The second kappa shape index (κ2) is 5.83. The summed E-state index contributed by atoms with van der Waals surface area (Å²) in [5.41, 5.74) is 2.29. The van der Waals surface area contributed by atoms with E-state index in [1.54, 1.807) is 6.07 Å². The molecule has 1 amide bonds. The van der Waals surface area contributed by atoms with Gasteiger partial charge in [-0.15, -0.1) is 0 Å². The predicted octanol–water partition coefficient (Wildman–Crippen LogP) is 4.24. The van der Waals surface area contributed by atoms with Crippen molar-refractivity contribution in [2.75, 3.05) is 5.32 Å². The van der Waals surface area contributed by atoms with Crippen LogP contribution in [0.1, 0.15) is 34.3 Å². The highest BCUT2D eigenvalue weighted by Gasteiger charge is 2.20. The first-order chi connectivity index (χ1) is 10.6. The lowest BCUT2D eigenvalue weighted by molar-refractivity contribution is 0.102. The molecule has 0 bridgehead atoms. The second-order valence-corrected chi connectivity index (χ2v) is 5.33. The summed E-state index contributed by atoms with van der Waals surface area (Å²) in [6, 6.07) is 7.25. The van der Waals surface area contributed by atoms with E-state index in [-0.39, 0.29) is 0 Å². The highest BCUT2D eigenvalue weighted by atomic mass is 19.2. The molecule has 0 unspecified atom stereocenters. The van der Waals surface area contributed by atoms with Crippen LogP contribution in [-0.2, 0) is 12.8 Å². The lowest BCUT2D eigenvalue weighted by Crippen LogP contribution is -2.17. The quantitative estimate of drug-likeness (QED) is 0.826. The van der Waals surface area contributed by atoms with Crippen LogP contribution in [-0.4, -0.2) is 5.91 Å². The van der Waals surface area contributed by atoms with Gasteiger partial charge in [0.25, 0.3) is 5.91 Å². The first-order valence-corrected chi connectivity index (χ1v) is 7.13. The van der Waals surface area contributed by atoms with Crippen molar-refractivity contribution in [2.45, 2.75) is 25.7 Å². The number of rotatable bonds is 2.